The number of hydrogen-bond acceptors (Lipinski definition) is 5. The Bertz CT molecular complexity index is 853. The third-order valence-electron chi connectivity index (χ3n) is 5.46. The fraction of sp³-hybridized carbons (Fsp3) is 0.625. The number of benzene rings is 1. The highest BCUT2D eigenvalue weighted by atomic mass is 127. The standard InChI is InChI=1S/C24H38N6O2.HI/c1-4-25-24(27-17-21(31)19-11-13-20(14-12-19)32-18(2)3)26-15-8-10-23-29-28-22-9-6-5-7-16-30(22)23;/h11-14,18,21,31H,4-10,15-17H2,1-3H3,(H2,25,26,27);1H. The van der Waals surface area contributed by atoms with Gasteiger partial charge in [-0.2, -0.15) is 0 Å². The molecule has 184 valence electrons. The van der Waals surface area contributed by atoms with Crippen molar-refractivity contribution >= 4 is 29.9 Å². The lowest BCUT2D eigenvalue weighted by Gasteiger charge is -2.14. The maximum atomic E-state index is 10.5. The molecule has 1 atom stereocenters. The molecule has 0 saturated heterocycles. The number of aromatic nitrogens is 3. The van der Waals surface area contributed by atoms with E-state index >= 15 is 0 Å². The number of aliphatic hydroxyl groups excluding tert-OH is 1. The van der Waals surface area contributed by atoms with E-state index in [-0.39, 0.29) is 36.6 Å². The van der Waals surface area contributed by atoms with E-state index in [2.05, 4.69) is 30.4 Å². The average molecular weight is 571 g/mol. The number of nitrogens with one attached hydrogen (secondary N) is 2. The second-order valence-corrected chi connectivity index (χ2v) is 8.50. The topological polar surface area (TPSA) is 96.6 Å². The third-order valence-corrected chi connectivity index (χ3v) is 5.46. The Kier molecular flexibility index (Phi) is 11.9. The summed E-state index contributed by atoms with van der Waals surface area (Å²) in [7, 11) is 0. The molecule has 2 heterocycles. The summed E-state index contributed by atoms with van der Waals surface area (Å²) in [5.41, 5.74) is 0.827. The van der Waals surface area contributed by atoms with Gasteiger partial charge in [0.25, 0.3) is 0 Å². The number of fused-ring (bicyclic) bond motifs is 1. The summed E-state index contributed by atoms with van der Waals surface area (Å²) in [5, 5.41) is 25.9. The van der Waals surface area contributed by atoms with Gasteiger partial charge in [0, 0.05) is 32.5 Å². The van der Waals surface area contributed by atoms with E-state index in [4.69, 9.17) is 4.74 Å². The molecule has 1 aliphatic heterocycles. The SMILES string of the molecule is CCNC(=NCC(O)c1ccc(OC(C)C)cc1)NCCCc1nnc2n1CCCCC2.I. The summed E-state index contributed by atoms with van der Waals surface area (Å²) in [6.45, 7) is 8.90. The molecule has 1 unspecified atom stereocenters. The van der Waals surface area contributed by atoms with Crippen LogP contribution in [0.1, 0.15) is 69.8 Å². The number of ether oxygens (including phenoxy) is 1. The monoisotopic (exact) mass is 570 g/mol. The van der Waals surface area contributed by atoms with Crippen LogP contribution in [-0.4, -0.2) is 51.6 Å². The zero-order valence-electron chi connectivity index (χ0n) is 20.1. The third kappa shape index (κ3) is 8.77. The first-order valence-corrected chi connectivity index (χ1v) is 11.9. The maximum Gasteiger partial charge on any atom is 0.191 e. The number of aliphatic imine (C=N–C) groups is 1. The number of halogens is 1. The van der Waals surface area contributed by atoms with E-state index in [1.807, 2.05) is 45.0 Å². The average Bonchev–Trinajstić information content (AvgIpc) is 3.00. The number of nitrogens with zero attached hydrogens (tertiary/aromatic N) is 4. The molecule has 9 heteroatoms. The second kappa shape index (κ2) is 14.4. The number of guanidine groups is 1. The second-order valence-electron chi connectivity index (χ2n) is 8.50. The van der Waals surface area contributed by atoms with Crippen molar-refractivity contribution in [2.24, 2.45) is 4.99 Å². The Morgan fingerprint density at radius 1 is 1.15 bits per heavy atom. The summed E-state index contributed by atoms with van der Waals surface area (Å²) in [5.74, 6) is 3.74. The zero-order valence-corrected chi connectivity index (χ0v) is 22.4. The summed E-state index contributed by atoms with van der Waals surface area (Å²) in [4.78, 5) is 4.56. The fourth-order valence-corrected chi connectivity index (χ4v) is 3.85. The number of aliphatic hydroxyl groups is 1. The van der Waals surface area contributed by atoms with Crippen molar-refractivity contribution in [2.45, 2.75) is 78.0 Å². The smallest absolute Gasteiger partial charge is 0.191 e. The van der Waals surface area contributed by atoms with Gasteiger partial charge < -0.3 is 25.0 Å². The van der Waals surface area contributed by atoms with Crippen LogP contribution in [0.25, 0.3) is 0 Å². The van der Waals surface area contributed by atoms with Crippen molar-refractivity contribution in [1.82, 2.24) is 25.4 Å². The number of aryl methyl sites for hydroxylation is 2. The Labute approximate surface area is 214 Å². The fourth-order valence-electron chi connectivity index (χ4n) is 3.85. The summed E-state index contributed by atoms with van der Waals surface area (Å²) < 4.78 is 7.96. The summed E-state index contributed by atoms with van der Waals surface area (Å²) in [6, 6.07) is 7.55. The van der Waals surface area contributed by atoms with Crippen molar-refractivity contribution in [3.63, 3.8) is 0 Å². The molecular formula is C24H39IN6O2. The van der Waals surface area contributed by atoms with E-state index in [9.17, 15) is 5.11 Å². The molecule has 1 aliphatic rings. The van der Waals surface area contributed by atoms with Crippen LogP contribution in [0.15, 0.2) is 29.3 Å². The minimum Gasteiger partial charge on any atom is -0.491 e. The molecule has 0 fully saturated rings. The lowest BCUT2D eigenvalue weighted by atomic mass is 10.1. The minimum absolute atomic E-state index is 0. The van der Waals surface area contributed by atoms with Gasteiger partial charge in [-0.3, -0.25) is 4.99 Å². The molecule has 1 aromatic carbocycles. The molecule has 0 radical (unpaired) electrons. The molecule has 3 rings (SSSR count). The largest absolute Gasteiger partial charge is 0.491 e. The molecule has 0 amide bonds. The van der Waals surface area contributed by atoms with Crippen molar-refractivity contribution in [3.05, 3.63) is 41.5 Å². The molecule has 33 heavy (non-hydrogen) atoms. The van der Waals surface area contributed by atoms with Gasteiger partial charge in [0.1, 0.15) is 17.4 Å². The van der Waals surface area contributed by atoms with Gasteiger partial charge in [0.2, 0.25) is 0 Å². The Morgan fingerprint density at radius 2 is 1.94 bits per heavy atom. The highest BCUT2D eigenvalue weighted by molar-refractivity contribution is 14.0. The predicted octanol–water partition coefficient (Wildman–Crippen LogP) is 3.63. The predicted molar refractivity (Wildman–Crippen MR) is 142 cm³/mol. The lowest BCUT2D eigenvalue weighted by Crippen LogP contribution is -2.38. The number of rotatable bonds is 10. The van der Waals surface area contributed by atoms with Crippen molar-refractivity contribution in [2.75, 3.05) is 19.6 Å². The maximum absolute atomic E-state index is 10.5. The molecular weight excluding hydrogens is 531 g/mol. The zero-order chi connectivity index (χ0) is 22.8. The van der Waals surface area contributed by atoms with Crippen LogP contribution in [0.5, 0.6) is 5.75 Å². The Balaban J connectivity index is 0.00000385. The van der Waals surface area contributed by atoms with E-state index in [1.165, 1.54) is 19.3 Å². The van der Waals surface area contributed by atoms with Gasteiger partial charge in [0.05, 0.1) is 18.8 Å². The van der Waals surface area contributed by atoms with Crippen LogP contribution in [0.2, 0.25) is 0 Å². The minimum atomic E-state index is -0.662. The number of hydrogen-bond donors (Lipinski definition) is 3. The highest BCUT2D eigenvalue weighted by Gasteiger charge is 2.14. The van der Waals surface area contributed by atoms with Gasteiger partial charge in [0.15, 0.2) is 5.96 Å². The van der Waals surface area contributed by atoms with E-state index in [0.29, 0.717) is 5.96 Å². The first kappa shape index (κ1) is 27.4. The van der Waals surface area contributed by atoms with Crippen LogP contribution in [-0.2, 0) is 19.4 Å². The molecule has 8 nitrogen and oxygen atoms in total. The molecule has 0 spiro atoms. The van der Waals surface area contributed by atoms with Gasteiger partial charge in [-0.1, -0.05) is 18.6 Å². The van der Waals surface area contributed by atoms with Crippen LogP contribution in [0.4, 0.5) is 0 Å². The Hall–Kier alpha value is -1.88. The molecule has 1 aromatic heterocycles. The first-order chi connectivity index (χ1) is 15.6. The lowest BCUT2D eigenvalue weighted by molar-refractivity contribution is 0.186. The van der Waals surface area contributed by atoms with Crippen molar-refractivity contribution in [1.29, 1.82) is 0 Å². The van der Waals surface area contributed by atoms with E-state index in [0.717, 1.165) is 61.9 Å². The van der Waals surface area contributed by atoms with E-state index < -0.39 is 6.10 Å². The van der Waals surface area contributed by atoms with Gasteiger partial charge in [-0.25, -0.2) is 0 Å². The quantitative estimate of drug-likeness (QED) is 0.175. The highest BCUT2D eigenvalue weighted by Crippen LogP contribution is 2.19. The van der Waals surface area contributed by atoms with Crippen LogP contribution in [0, 0.1) is 0 Å². The van der Waals surface area contributed by atoms with Crippen molar-refractivity contribution in [3.8, 4) is 5.75 Å². The molecule has 0 saturated carbocycles. The van der Waals surface area contributed by atoms with Crippen molar-refractivity contribution < 1.29 is 9.84 Å². The summed E-state index contributed by atoms with van der Waals surface area (Å²) in [6.07, 6.45) is 6.05. The Morgan fingerprint density at radius 3 is 2.67 bits per heavy atom. The van der Waals surface area contributed by atoms with Crippen LogP contribution >= 0.6 is 24.0 Å². The van der Waals surface area contributed by atoms with Gasteiger partial charge in [-0.15, -0.1) is 34.2 Å². The van der Waals surface area contributed by atoms with Crippen LogP contribution in [0.3, 0.4) is 0 Å². The summed E-state index contributed by atoms with van der Waals surface area (Å²) >= 11 is 0. The first-order valence-electron chi connectivity index (χ1n) is 11.9. The molecule has 2 aromatic rings. The molecule has 0 aliphatic carbocycles. The van der Waals surface area contributed by atoms with Gasteiger partial charge in [-0.05, 0) is 57.7 Å². The molecule has 3 N–H and O–H groups in total. The van der Waals surface area contributed by atoms with Gasteiger partial charge >= 0.3 is 0 Å². The molecule has 0 bridgehead atoms. The normalized spacial score (nSPS) is 14.8. The van der Waals surface area contributed by atoms with Crippen LogP contribution < -0.4 is 15.4 Å². The van der Waals surface area contributed by atoms with E-state index in [1.54, 1.807) is 0 Å².